The highest BCUT2D eigenvalue weighted by Crippen LogP contribution is 2.34. The van der Waals surface area contributed by atoms with E-state index in [2.05, 4.69) is 70.7 Å². The molecule has 2 N–H and O–H groups in total. The fourth-order valence-electron chi connectivity index (χ4n) is 5.49. The minimum atomic E-state index is -1.52. The average Bonchev–Trinajstić information content (AvgIpc) is 3.42. The van der Waals surface area contributed by atoms with Gasteiger partial charge in [-0.3, -0.25) is 4.79 Å². The molecule has 1 aromatic carbocycles. The molecule has 0 fully saturated rings. The van der Waals surface area contributed by atoms with Crippen LogP contribution in [-0.4, -0.2) is 78.3 Å². The molecule has 3 aromatic rings. The number of hydrogen-bond acceptors (Lipinski definition) is 9. The summed E-state index contributed by atoms with van der Waals surface area (Å²) in [6.07, 6.45) is 0.909. The molecule has 0 atom stereocenters. The van der Waals surface area contributed by atoms with Crippen molar-refractivity contribution in [1.29, 1.82) is 0 Å². The Morgan fingerprint density at radius 2 is 1.65 bits per heavy atom. The number of benzene rings is 1. The number of carbonyl (C=O) groups excluding carboxylic acids is 1. The molecule has 40 heavy (non-hydrogen) atoms. The molecule has 2 aromatic heterocycles. The van der Waals surface area contributed by atoms with E-state index in [0.29, 0.717) is 12.5 Å². The number of ether oxygens (including phenoxy) is 3. The van der Waals surface area contributed by atoms with Crippen molar-refractivity contribution in [3.05, 3.63) is 35.6 Å². The quantitative estimate of drug-likeness (QED) is 0.254. The van der Waals surface area contributed by atoms with E-state index < -0.39 is 22.1 Å². The maximum absolute atomic E-state index is 13.1. The van der Waals surface area contributed by atoms with Gasteiger partial charge in [0, 0.05) is 12.6 Å². The monoisotopic (exact) mass is 583 g/mol. The molecular weight excluding hydrogens is 543 g/mol. The third kappa shape index (κ3) is 6.34. The van der Waals surface area contributed by atoms with Crippen LogP contribution in [0.5, 0.6) is 23.5 Å². The first-order chi connectivity index (χ1) is 18.8. The Morgan fingerprint density at radius 3 is 2.25 bits per heavy atom. The third-order valence-corrected chi connectivity index (χ3v) is 18.3. The SMILES string of the molecule is COc1nc(NCCCN(C)C)nc(OC)c1NC(=O)c1ccc(Oc2cc3c(cc2C)[Si](C)(C)C[Si]3(C)C)o1. The van der Waals surface area contributed by atoms with Crippen LogP contribution < -0.4 is 35.2 Å². The van der Waals surface area contributed by atoms with Gasteiger partial charge in [0.1, 0.15) is 5.75 Å². The number of hydrogen-bond donors (Lipinski definition) is 2. The number of aryl methyl sites for hydroxylation is 1. The molecular formula is C28H41N5O5Si2. The van der Waals surface area contributed by atoms with Gasteiger partial charge in [-0.05, 0) is 51.7 Å². The maximum Gasteiger partial charge on any atom is 0.291 e. The van der Waals surface area contributed by atoms with Crippen molar-refractivity contribution in [3.8, 4) is 23.5 Å². The first-order valence-corrected chi connectivity index (χ1v) is 19.9. The smallest absolute Gasteiger partial charge is 0.291 e. The van der Waals surface area contributed by atoms with E-state index in [1.807, 2.05) is 14.1 Å². The van der Waals surface area contributed by atoms with Crippen LogP contribution in [0.2, 0.25) is 31.9 Å². The first kappa shape index (κ1) is 29.6. The van der Waals surface area contributed by atoms with E-state index in [0.717, 1.165) is 24.3 Å². The maximum atomic E-state index is 13.1. The number of aromatic nitrogens is 2. The normalized spacial score (nSPS) is 15.1. The van der Waals surface area contributed by atoms with Crippen LogP contribution in [0.15, 0.2) is 28.7 Å². The number of fused-ring (bicyclic) bond motifs is 1. The van der Waals surface area contributed by atoms with Gasteiger partial charge in [-0.2, -0.15) is 9.97 Å². The lowest BCUT2D eigenvalue weighted by molar-refractivity contribution is 0.0990. The van der Waals surface area contributed by atoms with Gasteiger partial charge in [-0.15, -0.1) is 0 Å². The number of anilines is 2. The molecule has 12 heteroatoms. The molecule has 1 aliphatic heterocycles. The van der Waals surface area contributed by atoms with Gasteiger partial charge in [0.25, 0.3) is 11.9 Å². The minimum absolute atomic E-state index is 0.0760. The zero-order chi connectivity index (χ0) is 29.2. The average molecular weight is 584 g/mol. The van der Waals surface area contributed by atoms with Crippen LogP contribution >= 0.6 is 0 Å². The molecule has 0 spiro atoms. The van der Waals surface area contributed by atoms with E-state index in [1.54, 1.807) is 17.3 Å². The molecule has 1 aliphatic rings. The molecule has 0 bridgehead atoms. The number of carbonyl (C=O) groups is 1. The number of furan rings is 1. The number of nitrogens with zero attached hydrogens (tertiary/aromatic N) is 3. The Labute approximate surface area is 238 Å². The van der Waals surface area contributed by atoms with Crippen LogP contribution in [0, 0.1) is 6.92 Å². The Kier molecular flexibility index (Phi) is 8.61. The second-order valence-corrected chi connectivity index (χ2v) is 21.8. The summed E-state index contributed by atoms with van der Waals surface area (Å²) in [5.74, 6) is 1.27. The number of amides is 1. The minimum Gasteiger partial charge on any atom is -0.479 e. The van der Waals surface area contributed by atoms with Crippen molar-refractivity contribution in [3.63, 3.8) is 0 Å². The van der Waals surface area contributed by atoms with E-state index in [9.17, 15) is 4.79 Å². The Bertz CT molecular complexity index is 1360. The third-order valence-electron chi connectivity index (χ3n) is 7.21. The number of rotatable bonds is 11. The zero-order valence-electron chi connectivity index (χ0n) is 25.0. The molecule has 0 radical (unpaired) electrons. The van der Waals surface area contributed by atoms with Crippen molar-refractivity contribution in [2.45, 2.75) is 45.2 Å². The van der Waals surface area contributed by atoms with E-state index in [4.69, 9.17) is 18.6 Å². The number of methoxy groups -OCH3 is 2. The summed E-state index contributed by atoms with van der Waals surface area (Å²) in [4.78, 5) is 24.0. The molecule has 0 aliphatic carbocycles. The molecule has 3 heterocycles. The summed E-state index contributed by atoms with van der Waals surface area (Å²) >= 11 is 0. The molecule has 216 valence electrons. The Hall–Kier alpha value is -3.36. The molecule has 0 saturated carbocycles. The summed E-state index contributed by atoms with van der Waals surface area (Å²) in [5.41, 5.74) is 2.62. The highest BCUT2D eigenvalue weighted by molar-refractivity contribution is 7.14. The van der Waals surface area contributed by atoms with Crippen LogP contribution in [0.1, 0.15) is 22.5 Å². The van der Waals surface area contributed by atoms with Gasteiger partial charge in [0.05, 0.1) is 30.4 Å². The van der Waals surface area contributed by atoms with Gasteiger partial charge in [0.2, 0.25) is 17.7 Å². The van der Waals surface area contributed by atoms with Gasteiger partial charge in [-0.25, -0.2) is 0 Å². The van der Waals surface area contributed by atoms with Crippen molar-refractivity contribution < 1.29 is 23.4 Å². The Balaban J connectivity index is 1.49. The van der Waals surface area contributed by atoms with Crippen molar-refractivity contribution in [2.24, 2.45) is 0 Å². The largest absolute Gasteiger partial charge is 0.479 e. The molecule has 0 saturated heterocycles. The molecule has 1 amide bonds. The van der Waals surface area contributed by atoms with Gasteiger partial charge < -0.3 is 34.2 Å². The predicted molar refractivity (Wildman–Crippen MR) is 164 cm³/mol. The summed E-state index contributed by atoms with van der Waals surface area (Å²) < 4.78 is 22.8. The van der Waals surface area contributed by atoms with Crippen molar-refractivity contribution in [1.82, 2.24) is 14.9 Å². The van der Waals surface area contributed by atoms with E-state index >= 15 is 0 Å². The molecule has 0 unspecified atom stereocenters. The highest BCUT2D eigenvalue weighted by atomic mass is 28.4. The summed E-state index contributed by atoms with van der Waals surface area (Å²) in [5, 5.41) is 8.95. The van der Waals surface area contributed by atoms with Crippen LogP contribution in [-0.2, 0) is 0 Å². The fourth-order valence-corrected chi connectivity index (χ4v) is 20.6. The summed E-state index contributed by atoms with van der Waals surface area (Å²) in [6.45, 7) is 13.4. The van der Waals surface area contributed by atoms with Crippen LogP contribution in [0.3, 0.4) is 0 Å². The predicted octanol–water partition coefficient (Wildman–Crippen LogP) is 4.19. The van der Waals surface area contributed by atoms with Crippen molar-refractivity contribution >= 4 is 44.1 Å². The van der Waals surface area contributed by atoms with E-state index in [-0.39, 0.29) is 29.2 Å². The standard InChI is InChI=1S/C28H41N5O5Si2/c1-18-15-21-22(40(8,9)17-39(21,6)7)16-20(18)38-23-12-11-19(37-23)25(34)30-24-26(35-4)31-28(32-27(24)36-5)29-13-10-14-33(2)3/h11-12,15-16H,10,13-14,17H2,1-9H3,(H,30,34)(H,29,31,32). The topological polar surface area (TPSA) is 111 Å². The lowest BCUT2D eigenvalue weighted by Crippen LogP contribution is -2.44. The van der Waals surface area contributed by atoms with Gasteiger partial charge in [-0.1, -0.05) is 48.3 Å². The lowest BCUT2D eigenvalue weighted by atomic mass is 10.2. The van der Waals surface area contributed by atoms with Gasteiger partial charge in [0.15, 0.2) is 11.4 Å². The van der Waals surface area contributed by atoms with Crippen molar-refractivity contribution in [2.75, 3.05) is 52.0 Å². The first-order valence-electron chi connectivity index (χ1n) is 13.5. The highest BCUT2D eigenvalue weighted by Gasteiger charge is 2.45. The zero-order valence-corrected chi connectivity index (χ0v) is 27.0. The van der Waals surface area contributed by atoms with Crippen LogP contribution in [0.4, 0.5) is 11.6 Å². The second kappa shape index (κ2) is 11.6. The van der Waals surface area contributed by atoms with Gasteiger partial charge >= 0.3 is 0 Å². The molecule has 4 rings (SSSR count). The van der Waals surface area contributed by atoms with Crippen LogP contribution in [0.25, 0.3) is 0 Å². The lowest BCUT2D eigenvalue weighted by Gasteiger charge is -2.19. The van der Waals surface area contributed by atoms with E-state index in [1.165, 1.54) is 25.1 Å². The number of nitrogens with one attached hydrogen (secondary N) is 2. The fraction of sp³-hybridized carbons (Fsp3) is 0.464. The summed E-state index contributed by atoms with van der Waals surface area (Å²) in [7, 11) is 4.04. The Morgan fingerprint density at radius 1 is 1.02 bits per heavy atom. The summed E-state index contributed by atoms with van der Waals surface area (Å²) in [6, 6.07) is 7.72. The molecule has 10 nitrogen and oxygen atoms in total. The second-order valence-electron chi connectivity index (χ2n) is 11.8.